The topological polar surface area (TPSA) is 107 Å². The number of hydrogen-bond donors (Lipinski definition) is 1. The van der Waals surface area contributed by atoms with Crippen LogP contribution in [0.2, 0.25) is 0 Å². The van der Waals surface area contributed by atoms with Crippen LogP contribution < -0.4 is 14.8 Å². The van der Waals surface area contributed by atoms with Crippen molar-refractivity contribution in [2.45, 2.75) is 6.42 Å². The number of nitrogens with one attached hydrogen (secondary N) is 1. The summed E-state index contributed by atoms with van der Waals surface area (Å²) in [6.45, 7) is 0.245. The molecule has 32 heavy (non-hydrogen) atoms. The van der Waals surface area contributed by atoms with E-state index in [0.29, 0.717) is 11.5 Å². The lowest BCUT2D eigenvalue weighted by Gasteiger charge is -2.16. The van der Waals surface area contributed by atoms with Crippen molar-refractivity contribution in [1.82, 2.24) is 24.6 Å². The third-order valence-corrected chi connectivity index (χ3v) is 5.10. The van der Waals surface area contributed by atoms with Crippen LogP contribution in [0.4, 0.5) is 0 Å². The third-order valence-electron chi connectivity index (χ3n) is 5.10. The van der Waals surface area contributed by atoms with Crippen molar-refractivity contribution in [2.24, 2.45) is 7.05 Å². The number of imidazole rings is 1. The van der Waals surface area contributed by atoms with E-state index in [1.165, 1.54) is 14.2 Å². The Labute approximate surface area is 184 Å². The van der Waals surface area contributed by atoms with Crippen LogP contribution in [-0.2, 0) is 7.05 Å². The molecule has 2 aromatic carbocycles. The molecule has 4 aromatic rings. The van der Waals surface area contributed by atoms with Crippen LogP contribution in [0.5, 0.6) is 11.5 Å². The Morgan fingerprint density at radius 2 is 1.91 bits per heavy atom. The number of nitriles is 1. The van der Waals surface area contributed by atoms with Gasteiger partial charge >= 0.3 is 0 Å². The second kappa shape index (κ2) is 8.81. The third kappa shape index (κ3) is 3.86. The maximum atomic E-state index is 12.7. The molecular weight excluding hydrogens is 408 g/mol. The molecule has 0 spiro atoms. The minimum atomic E-state index is -0.364. The van der Waals surface area contributed by atoms with Gasteiger partial charge in [0.05, 0.1) is 49.6 Å². The normalized spacial score (nSPS) is 10.7. The summed E-state index contributed by atoms with van der Waals surface area (Å²) in [5, 5.41) is 15.6. The van der Waals surface area contributed by atoms with Gasteiger partial charge in [-0.25, -0.2) is 4.98 Å². The number of ether oxygens (including phenoxy) is 2. The van der Waals surface area contributed by atoms with E-state index in [0.717, 1.165) is 27.8 Å². The molecule has 2 heterocycles. The van der Waals surface area contributed by atoms with Gasteiger partial charge in [0.2, 0.25) is 0 Å². The Kier molecular flexibility index (Phi) is 5.77. The monoisotopic (exact) mass is 430 g/mol. The molecule has 162 valence electrons. The van der Waals surface area contributed by atoms with E-state index in [2.05, 4.69) is 15.4 Å². The van der Waals surface area contributed by atoms with Gasteiger partial charge in [-0.3, -0.25) is 14.0 Å². The highest BCUT2D eigenvalue weighted by Gasteiger charge is 2.21. The van der Waals surface area contributed by atoms with Crippen molar-refractivity contribution in [3.63, 3.8) is 0 Å². The summed E-state index contributed by atoms with van der Waals surface area (Å²) in [5.74, 6) is 0.363. The number of rotatable bonds is 7. The van der Waals surface area contributed by atoms with E-state index in [1.807, 2.05) is 48.3 Å². The molecule has 0 unspecified atom stereocenters. The molecule has 0 fully saturated rings. The number of carbonyl (C=O) groups is 1. The van der Waals surface area contributed by atoms with Crippen LogP contribution in [-0.4, -0.2) is 46.0 Å². The number of carbonyl (C=O) groups excluding carboxylic acids is 1. The maximum absolute atomic E-state index is 12.7. The first-order valence-corrected chi connectivity index (χ1v) is 9.93. The molecule has 4 rings (SSSR count). The van der Waals surface area contributed by atoms with Crippen LogP contribution in [0, 0.1) is 11.3 Å². The molecule has 0 saturated carbocycles. The lowest BCUT2D eigenvalue weighted by Crippen LogP contribution is -2.25. The smallest absolute Gasteiger partial charge is 0.258 e. The molecule has 0 aliphatic carbocycles. The van der Waals surface area contributed by atoms with Gasteiger partial charge < -0.3 is 14.8 Å². The number of aryl methyl sites for hydroxylation is 1. The van der Waals surface area contributed by atoms with Gasteiger partial charge in [-0.1, -0.05) is 6.07 Å². The predicted octanol–water partition coefficient (Wildman–Crippen LogP) is 3.09. The van der Waals surface area contributed by atoms with Crippen molar-refractivity contribution >= 4 is 16.9 Å². The lowest BCUT2D eigenvalue weighted by molar-refractivity contribution is 0.0948. The van der Waals surface area contributed by atoms with Crippen LogP contribution >= 0.6 is 0 Å². The highest BCUT2D eigenvalue weighted by molar-refractivity contribution is 6.00. The highest BCUT2D eigenvalue weighted by Crippen LogP contribution is 2.34. The average Bonchev–Trinajstić information content (AvgIpc) is 3.43. The summed E-state index contributed by atoms with van der Waals surface area (Å²) in [6.07, 6.45) is 5.71. The van der Waals surface area contributed by atoms with Crippen LogP contribution in [0.1, 0.15) is 16.8 Å². The van der Waals surface area contributed by atoms with Gasteiger partial charge in [0, 0.05) is 37.5 Å². The van der Waals surface area contributed by atoms with E-state index in [4.69, 9.17) is 14.7 Å². The zero-order valence-electron chi connectivity index (χ0n) is 18.0. The first kappa shape index (κ1) is 20.9. The second-order valence-electron chi connectivity index (χ2n) is 7.11. The number of hydrogen-bond acceptors (Lipinski definition) is 6. The van der Waals surface area contributed by atoms with Crippen LogP contribution in [0.15, 0.2) is 49.1 Å². The van der Waals surface area contributed by atoms with E-state index >= 15 is 0 Å². The highest BCUT2D eigenvalue weighted by atomic mass is 16.5. The lowest BCUT2D eigenvalue weighted by atomic mass is 10.1. The molecule has 2 aromatic heterocycles. The van der Waals surface area contributed by atoms with Gasteiger partial charge in [-0.15, -0.1) is 0 Å². The van der Waals surface area contributed by atoms with Gasteiger partial charge in [-0.05, 0) is 17.7 Å². The Morgan fingerprint density at radius 1 is 1.16 bits per heavy atom. The molecule has 9 heteroatoms. The van der Waals surface area contributed by atoms with Crippen molar-refractivity contribution in [3.8, 4) is 34.4 Å². The molecule has 0 aliphatic rings. The standard InChI is InChI=1S/C23H22N6O3/c1-28-13-16(12-27-28)15-5-6-19-18(9-15)26-14-29(19)17-10-20(31-2)22(21(11-17)32-3)23(30)25-8-4-7-24/h5-6,9-14H,4,8H2,1-3H3,(H,25,30). The number of nitrogens with zero attached hydrogens (tertiary/aromatic N) is 5. The zero-order chi connectivity index (χ0) is 22.7. The first-order valence-electron chi connectivity index (χ1n) is 9.93. The van der Waals surface area contributed by atoms with E-state index in [9.17, 15) is 4.79 Å². The average molecular weight is 430 g/mol. The second-order valence-corrected chi connectivity index (χ2v) is 7.11. The number of benzene rings is 2. The summed E-state index contributed by atoms with van der Waals surface area (Å²) in [6, 6.07) is 11.5. The number of amides is 1. The number of fused-ring (bicyclic) bond motifs is 1. The summed E-state index contributed by atoms with van der Waals surface area (Å²) in [5.41, 5.74) is 4.77. The van der Waals surface area contributed by atoms with Gasteiger partial charge in [0.15, 0.2) is 0 Å². The molecule has 0 bridgehead atoms. The molecule has 1 amide bonds. The summed E-state index contributed by atoms with van der Waals surface area (Å²) < 4.78 is 14.7. The van der Waals surface area contributed by atoms with Crippen molar-refractivity contribution < 1.29 is 14.3 Å². The fraction of sp³-hybridized carbons (Fsp3) is 0.217. The molecule has 9 nitrogen and oxygen atoms in total. The van der Waals surface area contributed by atoms with Crippen molar-refractivity contribution in [3.05, 3.63) is 54.6 Å². The minimum Gasteiger partial charge on any atom is -0.496 e. The van der Waals surface area contributed by atoms with Crippen molar-refractivity contribution in [1.29, 1.82) is 5.26 Å². The molecule has 0 atom stereocenters. The SMILES string of the molecule is COc1cc(-n2cnc3cc(-c4cnn(C)c4)ccc32)cc(OC)c1C(=O)NCCC#N. The summed E-state index contributed by atoms with van der Waals surface area (Å²) in [4.78, 5) is 17.2. The fourth-order valence-corrected chi connectivity index (χ4v) is 3.55. The number of methoxy groups -OCH3 is 2. The molecule has 0 aliphatic heterocycles. The summed E-state index contributed by atoms with van der Waals surface area (Å²) in [7, 11) is 4.87. The fourth-order valence-electron chi connectivity index (χ4n) is 3.55. The quantitative estimate of drug-likeness (QED) is 0.452. The molecule has 0 radical (unpaired) electrons. The minimum absolute atomic E-state index is 0.219. The molecule has 0 saturated heterocycles. The van der Waals surface area contributed by atoms with E-state index in [1.54, 1.807) is 23.1 Å². The Morgan fingerprint density at radius 3 is 2.53 bits per heavy atom. The molecular formula is C23H22N6O3. The Hall–Kier alpha value is -4.32. The predicted molar refractivity (Wildman–Crippen MR) is 119 cm³/mol. The Bertz CT molecular complexity index is 1310. The first-order chi connectivity index (χ1) is 15.5. The summed E-state index contributed by atoms with van der Waals surface area (Å²) >= 11 is 0. The molecule has 1 N–H and O–H groups in total. The van der Waals surface area contributed by atoms with E-state index in [-0.39, 0.29) is 24.4 Å². The zero-order valence-corrected chi connectivity index (χ0v) is 18.0. The van der Waals surface area contributed by atoms with Crippen LogP contribution in [0.25, 0.3) is 27.8 Å². The number of aromatic nitrogens is 4. The van der Waals surface area contributed by atoms with Gasteiger partial charge in [-0.2, -0.15) is 10.4 Å². The van der Waals surface area contributed by atoms with E-state index < -0.39 is 0 Å². The largest absolute Gasteiger partial charge is 0.496 e. The Balaban J connectivity index is 1.74. The maximum Gasteiger partial charge on any atom is 0.258 e. The van der Waals surface area contributed by atoms with Gasteiger partial charge in [0.25, 0.3) is 5.91 Å². The van der Waals surface area contributed by atoms with Crippen LogP contribution in [0.3, 0.4) is 0 Å². The van der Waals surface area contributed by atoms with Gasteiger partial charge in [0.1, 0.15) is 23.4 Å². The van der Waals surface area contributed by atoms with Crippen molar-refractivity contribution in [2.75, 3.05) is 20.8 Å².